The lowest BCUT2D eigenvalue weighted by Crippen LogP contribution is -2.43. The minimum Gasteiger partial charge on any atom is -0.324 e. The van der Waals surface area contributed by atoms with E-state index in [1.54, 1.807) is 19.1 Å². The number of piperidine rings is 1. The van der Waals surface area contributed by atoms with Crippen molar-refractivity contribution in [2.45, 2.75) is 37.1 Å². The molecule has 1 aromatic rings. The molecule has 2 rings (SSSR count). The summed E-state index contributed by atoms with van der Waals surface area (Å²) in [7, 11) is -3.78. The Kier molecular flexibility index (Phi) is 4.42. The van der Waals surface area contributed by atoms with Crippen LogP contribution < -0.4 is 15.8 Å². The van der Waals surface area contributed by atoms with Crippen LogP contribution in [0.2, 0.25) is 0 Å². The summed E-state index contributed by atoms with van der Waals surface area (Å²) in [6.07, 6.45) is 2.88. The Bertz CT molecular complexity index is 607. The monoisotopic (exact) mass is 297 g/mol. The Morgan fingerprint density at radius 2 is 2.15 bits per heavy atom. The Morgan fingerprint density at radius 1 is 1.40 bits per heavy atom. The summed E-state index contributed by atoms with van der Waals surface area (Å²) in [6, 6.07) is 4.45. The van der Waals surface area contributed by atoms with Gasteiger partial charge in [-0.15, -0.1) is 0 Å². The summed E-state index contributed by atoms with van der Waals surface area (Å²) in [5.41, 5.74) is 0.938. The molecule has 110 valence electrons. The standard InChI is InChI=1S/C13H19N3O3S/c1-9-10(6-4-7-12(9)20(14,18)19)16-13(17)11-5-2-3-8-15-11/h4,6-7,11,15H,2-3,5,8H2,1H3,(H,16,17)(H2,14,18,19)/t11-/m0/s1. The van der Waals surface area contributed by atoms with E-state index in [1.807, 2.05) is 0 Å². The van der Waals surface area contributed by atoms with Crippen LogP contribution in [0.15, 0.2) is 23.1 Å². The Morgan fingerprint density at radius 3 is 2.75 bits per heavy atom. The van der Waals surface area contributed by atoms with Gasteiger partial charge in [0.2, 0.25) is 15.9 Å². The van der Waals surface area contributed by atoms with Crippen LogP contribution in [-0.2, 0) is 14.8 Å². The van der Waals surface area contributed by atoms with Crippen LogP contribution in [0.5, 0.6) is 0 Å². The number of nitrogens with one attached hydrogen (secondary N) is 2. The van der Waals surface area contributed by atoms with E-state index in [-0.39, 0.29) is 16.8 Å². The van der Waals surface area contributed by atoms with Crippen molar-refractivity contribution in [3.8, 4) is 0 Å². The van der Waals surface area contributed by atoms with Crippen molar-refractivity contribution in [3.63, 3.8) is 0 Å². The van der Waals surface area contributed by atoms with Crippen molar-refractivity contribution in [2.24, 2.45) is 5.14 Å². The van der Waals surface area contributed by atoms with E-state index in [0.29, 0.717) is 11.3 Å². The maximum absolute atomic E-state index is 12.1. The van der Waals surface area contributed by atoms with Crippen molar-refractivity contribution >= 4 is 21.6 Å². The molecular formula is C13H19N3O3S. The number of hydrogen-bond donors (Lipinski definition) is 3. The second-order valence-electron chi connectivity index (χ2n) is 4.97. The molecule has 0 aliphatic carbocycles. The number of amides is 1. The largest absolute Gasteiger partial charge is 0.324 e. The van der Waals surface area contributed by atoms with Gasteiger partial charge < -0.3 is 10.6 Å². The molecule has 6 nitrogen and oxygen atoms in total. The smallest absolute Gasteiger partial charge is 0.241 e. The maximum Gasteiger partial charge on any atom is 0.241 e. The van der Waals surface area contributed by atoms with Gasteiger partial charge in [-0.2, -0.15) is 0 Å². The molecule has 1 heterocycles. The summed E-state index contributed by atoms with van der Waals surface area (Å²) < 4.78 is 22.9. The lowest BCUT2D eigenvalue weighted by Gasteiger charge is -2.23. The first-order valence-corrected chi connectivity index (χ1v) is 8.11. The van der Waals surface area contributed by atoms with E-state index in [1.165, 1.54) is 6.07 Å². The summed E-state index contributed by atoms with van der Waals surface area (Å²) in [6.45, 7) is 2.46. The van der Waals surface area contributed by atoms with Crippen molar-refractivity contribution in [2.75, 3.05) is 11.9 Å². The van der Waals surface area contributed by atoms with Crippen LogP contribution in [-0.4, -0.2) is 26.9 Å². The number of hydrogen-bond acceptors (Lipinski definition) is 4. The fourth-order valence-electron chi connectivity index (χ4n) is 2.35. The summed E-state index contributed by atoms with van der Waals surface area (Å²) >= 11 is 0. The molecule has 1 aromatic carbocycles. The van der Waals surface area contributed by atoms with E-state index >= 15 is 0 Å². The molecule has 0 aromatic heterocycles. The molecular weight excluding hydrogens is 278 g/mol. The molecule has 4 N–H and O–H groups in total. The molecule has 7 heteroatoms. The van der Waals surface area contributed by atoms with Gasteiger partial charge in [0.15, 0.2) is 0 Å². The number of benzene rings is 1. The highest BCUT2D eigenvalue weighted by atomic mass is 32.2. The van der Waals surface area contributed by atoms with Crippen LogP contribution in [0.25, 0.3) is 0 Å². The second-order valence-corrected chi connectivity index (χ2v) is 6.50. The van der Waals surface area contributed by atoms with Gasteiger partial charge in [0, 0.05) is 5.69 Å². The van der Waals surface area contributed by atoms with Crippen molar-refractivity contribution in [3.05, 3.63) is 23.8 Å². The van der Waals surface area contributed by atoms with Crippen molar-refractivity contribution in [1.29, 1.82) is 0 Å². The molecule has 1 fully saturated rings. The number of carbonyl (C=O) groups excluding carboxylic acids is 1. The summed E-state index contributed by atoms with van der Waals surface area (Å²) in [5, 5.41) is 11.1. The third kappa shape index (κ3) is 3.36. The lowest BCUT2D eigenvalue weighted by atomic mass is 10.0. The van der Waals surface area contributed by atoms with Gasteiger partial charge in [0.25, 0.3) is 0 Å². The molecule has 0 radical (unpaired) electrons. The number of carbonyl (C=O) groups is 1. The SMILES string of the molecule is Cc1c(NC(=O)[C@@H]2CCCCN2)cccc1S(N)(=O)=O. The third-order valence-corrected chi connectivity index (χ3v) is 4.53. The predicted molar refractivity (Wildman–Crippen MR) is 76.8 cm³/mol. The summed E-state index contributed by atoms with van der Waals surface area (Å²) in [5.74, 6) is -0.139. The molecule has 0 saturated carbocycles. The van der Waals surface area contributed by atoms with Crippen LogP contribution in [0, 0.1) is 6.92 Å². The van der Waals surface area contributed by atoms with Crippen LogP contribution in [0.1, 0.15) is 24.8 Å². The lowest BCUT2D eigenvalue weighted by molar-refractivity contribution is -0.118. The third-order valence-electron chi connectivity index (χ3n) is 3.48. The van der Waals surface area contributed by atoms with Gasteiger partial charge in [-0.1, -0.05) is 12.5 Å². The number of rotatable bonds is 3. The van der Waals surface area contributed by atoms with Crippen molar-refractivity contribution in [1.82, 2.24) is 5.32 Å². The van der Waals surface area contributed by atoms with Crippen molar-refractivity contribution < 1.29 is 13.2 Å². The molecule has 0 bridgehead atoms. The fraction of sp³-hybridized carbons (Fsp3) is 0.462. The number of primary sulfonamides is 1. The topological polar surface area (TPSA) is 101 Å². The van der Waals surface area contributed by atoms with E-state index in [2.05, 4.69) is 10.6 Å². The second kappa shape index (κ2) is 5.90. The first kappa shape index (κ1) is 15.0. The average Bonchev–Trinajstić information content (AvgIpc) is 2.40. The Balaban J connectivity index is 2.19. The molecule has 1 aliphatic rings. The molecule has 0 spiro atoms. The molecule has 1 aliphatic heterocycles. The minimum atomic E-state index is -3.78. The van der Waals surface area contributed by atoms with E-state index in [9.17, 15) is 13.2 Å². The summed E-state index contributed by atoms with van der Waals surface area (Å²) in [4.78, 5) is 12.2. The van der Waals surface area contributed by atoms with Gasteiger partial charge in [-0.25, -0.2) is 13.6 Å². The highest BCUT2D eigenvalue weighted by Gasteiger charge is 2.22. The number of nitrogens with two attached hydrogens (primary N) is 1. The average molecular weight is 297 g/mol. The number of anilines is 1. The Hall–Kier alpha value is -1.44. The van der Waals surface area contributed by atoms with E-state index in [4.69, 9.17) is 5.14 Å². The first-order chi connectivity index (χ1) is 9.39. The molecule has 1 atom stereocenters. The zero-order valence-electron chi connectivity index (χ0n) is 11.3. The van der Waals surface area contributed by atoms with Gasteiger partial charge in [-0.05, 0) is 44.0 Å². The quantitative estimate of drug-likeness (QED) is 0.765. The molecule has 0 unspecified atom stereocenters. The minimum absolute atomic E-state index is 0.0342. The zero-order chi connectivity index (χ0) is 14.8. The Labute approximate surface area is 118 Å². The number of sulfonamides is 1. The van der Waals surface area contributed by atoms with Gasteiger partial charge in [0.05, 0.1) is 10.9 Å². The van der Waals surface area contributed by atoms with Crippen LogP contribution in [0.3, 0.4) is 0 Å². The highest BCUT2D eigenvalue weighted by Crippen LogP contribution is 2.22. The molecule has 20 heavy (non-hydrogen) atoms. The first-order valence-electron chi connectivity index (χ1n) is 6.56. The van der Waals surface area contributed by atoms with Gasteiger partial charge in [-0.3, -0.25) is 4.79 Å². The van der Waals surface area contributed by atoms with Gasteiger partial charge >= 0.3 is 0 Å². The normalized spacial score (nSPS) is 19.6. The van der Waals surface area contributed by atoms with Crippen LogP contribution in [0.4, 0.5) is 5.69 Å². The highest BCUT2D eigenvalue weighted by molar-refractivity contribution is 7.89. The van der Waals surface area contributed by atoms with E-state index < -0.39 is 10.0 Å². The fourth-order valence-corrected chi connectivity index (χ4v) is 3.16. The zero-order valence-corrected chi connectivity index (χ0v) is 12.2. The maximum atomic E-state index is 12.1. The molecule has 1 saturated heterocycles. The van der Waals surface area contributed by atoms with Crippen LogP contribution >= 0.6 is 0 Å². The van der Waals surface area contributed by atoms with E-state index in [0.717, 1.165) is 25.8 Å². The van der Waals surface area contributed by atoms with Gasteiger partial charge in [0.1, 0.15) is 0 Å². The molecule has 1 amide bonds. The predicted octanol–water partition coefficient (Wildman–Crippen LogP) is 0.723.